The fourth-order valence-electron chi connectivity index (χ4n) is 1.27. The average Bonchev–Trinajstić information content (AvgIpc) is 2.85. The minimum atomic E-state index is -0.977. The minimum Gasteiger partial charge on any atom is -0.478 e. The van der Waals surface area contributed by atoms with E-state index in [-0.39, 0.29) is 5.56 Å². The second-order valence-corrected chi connectivity index (χ2v) is 7.10. The molecule has 0 saturated heterocycles. The van der Waals surface area contributed by atoms with Crippen LogP contribution in [-0.2, 0) is 5.75 Å². The Morgan fingerprint density at radius 3 is 2.74 bits per heavy atom. The molecule has 0 aliphatic rings. The summed E-state index contributed by atoms with van der Waals surface area (Å²) in [5, 5.41) is 17.4. The molecule has 0 saturated carbocycles. The first-order chi connectivity index (χ1) is 9.10. The maximum atomic E-state index is 10.8. The zero-order chi connectivity index (χ0) is 13.8. The summed E-state index contributed by atoms with van der Waals surface area (Å²) in [5.74, 6) is -0.336. The minimum absolute atomic E-state index is 0.194. The first kappa shape index (κ1) is 14.6. The van der Waals surface area contributed by atoms with Crippen molar-refractivity contribution >= 4 is 52.4 Å². The van der Waals surface area contributed by atoms with Crippen LogP contribution in [0.5, 0.6) is 0 Å². The van der Waals surface area contributed by atoms with Gasteiger partial charge in [-0.1, -0.05) is 52.5 Å². The van der Waals surface area contributed by atoms with E-state index in [1.807, 2.05) is 6.26 Å². The SMILES string of the molecule is CSc1nnc(SCc2ccc(C(=O)O)cc2Cl)s1. The molecular weight excluding hydrogens is 324 g/mol. The van der Waals surface area contributed by atoms with Gasteiger partial charge in [0.25, 0.3) is 0 Å². The third kappa shape index (κ3) is 3.85. The van der Waals surface area contributed by atoms with Crippen molar-refractivity contribution in [1.29, 1.82) is 0 Å². The van der Waals surface area contributed by atoms with Gasteiger partial charge in [0, 0.05) is 10.8 Å². The molecule has 0 fully saturated rings. The molecule has 0 radical (unpaired) electrons. The topological polar surface area (TPSA) is 63.1 Å². The Kier molecular flexibility index (Phi) is 5.09. The Morgan fingerprint density at radius 1 is 1.42 bits per heavy atom. The van der Waals surface area contributed by atoms with Crippen molar-refractivity contribution in [3.8, 4) is 0 Å². The van der Waals surface area contributed by atoms with E-state index in [9.17, 15) is 4.79 Å². The average molecular weight is 333 g/mol. The van der Waals surface area contributed by atoms with Crippen LogP contribution in [0, 0.1) is 0 Å². The maximum Gasteiger partial charge on any atom is 0.335 e. The van der Waals surface area contributed by atoms with E-state index in [1.165, 1.54) is 29.2 Å². The van der Waals surface area contributed by atoms with E-state index in [1.54, 1.807) is 23.9 Å². The number of benzene rings is 1. The smallest absolute Gasteiger partial charge is 0.335 e. The molecule has 0 aliphatic carbocycles. The van der Waals surface area contributed by atoms with E-state index in [2.05, 4.69) is 10.2 Å². The highest BCUT2D eigenvalue weighted by molar-refractivity contribution is 8.02. The van der Waals surface area contributed by atoms with Crippen LogP contribution in [0.1, 0.15) is 15.9 Å². The molecule has 0 unspecified atom stereocenters. The predicted octanol–water partition coefficient (Wildman–Crippen LogP) is 3.90. The largest absolute Gasteiger partial charge is 0.478 e. The number of rotatable bonds is 5. The molecule has 1 N–H and O–H groups in total. The lowest BCUT2D eigenvalue weighted by Crippen LogP contribution is -1.96. The summed E-state index contributed by atoms with van der Waals surface area (Å²) in [6.45, 7) is 0. The van der Waals surface area contributed by atoms with Crippen LogP contribution in [0.3, 0.4) is 0 Å². The van der Waals surface area contributed by atoms with Gasteiger partial charge < -0.3 is 5.11 Å². The zero-order valence-corrected chi connectivity index (χ0v) is 13.0. The Morgan fingerprint density at radius 2 is 2.16 bits per heavy atom. The number of carboxylic acid groups (broad SMARTS) is 1. The van der Waals surface area contributed by atoms with Gasteiger partial charge in [0.15, 0.2) is 8.68 Å². The third-order valence-electron chi connectivity index (χ3n) is 2.21. The number of carboxylic acids is 1. The van der Waals surface area contributed by atoms with E-state index in [4.69, 9.17) is 16.7 Å². The highest BCUT2D eigenvalue weighted by Crippen LogP contribution is 2.31. The normalized spacial score (nSPS) is 10.6. The Balaban J connectivity index is 2.05. The summed E-state index contributed by atoms with van der Waals surface area (Å²) in [7, 11) is 0. The molecule has 100 valence electrons. The van der Waals surface area contributed by atoms with Gasteiger partial charge >= 0.3 is 5.97 Å². The number of halogens is 1. The van der Waals surface area contributed by atoms with Crippen LogP contribution >= 0.6 is 46.5 Å². The highest BCUT2D eigenvalue weighted by Gasteiger charge is 2.09. The molecule has 8 heteroatoms. The number of aromatic carboxylic acids is 1. The van der Waals surface area contributed by atoms with Crippen molar-refractivity contribution in [2.24, 2.45) is 0 Å². The summed E-state index contributed by atoms with van der Waals surface area (Å²) in [6.07, 6.45) is 1.95. The summed E-state index contributed by atoms with van der Waals surface area (Å²) >= 11 is 10.7. The number of hydrogen-bond acceptors (Lipinski definition) is 6. The van der Waals surface area contributed by atoms with Crippen LogP contribution in [0.4, 0.5) is 0 Å². The van der Waals surface area contributed by atoms with E-state index >= 15 is 0 Å². The van der Waals surface area contributed by atoms with Crippen molar-refractivity contribution in [1.82, 2.24) is 10.2 Å². The van der Waals surface area contributed by atoms with Crippen molar-refractivity contribution in [2.75, 3.05) is 6.26 Å². The van der Waals surface area contributed by atoms with Gasteiger partial charge in [-0.3, -0.25) is 0 Å². The fourth-order valence-corrected chi connectivity index (χ4v) is 4.04. The Labute approximate surface area is 127 Å². The lowest BCUT2D eigenvalue weighted by atomic mass is 10.1. The van der Waals surface area contributed by atoms with E-state index in [0.717, 1.165) is 14.2 Å². The summed E-state index contributed by atoms with van der Waals surface area (Å²) in [4.78, 5) is 10.8. The standard InChI is InChI=1S/C11H9ClN2O2S3/c1-17-10-13-14-11(19-10)18-5-7-3-2-6(9(15)16)4-8(7)12/h2-4H,5H2,1H3,(H,15,16). The monoisotopic (exact) mass is 332 g/mol. The molecule has 0 bridgehead atoms. The molecule has 1 aromatic heterocycles. The molecule has 1 aromatic carbocycles. The Bertz CT molecular complexity index is 603. The Hall–Kier alpha value is -0.760. The molecule has 19 heavy (non-hydrogen) atoms. The number of hydrogen-bond donors (Lipinski definition) is 1. The molecule has 0 spiro atoms. The number of aromatic nitrogens is 2. The first-order valence-corrected chi connectivity index (χ1v) is 8.52. The fraction of sp³-hybridized carbons (Fsp3) is 0.182. The van der Waals surface area contributed by atoms with Crippen molar-refractivity contribution in [2.45, 2.75) is 14.4 Å². The second-order valence-electron chi connectivity index (χ2n) is 3.44. The van der Waals surface area contributed by atoms with Crippen LogP contribution in [-0.4, -0.2) is 27.5 Å². The van der Waals surface area contributed by atoms with Crippen molar-refractivity contribution in [3.05, 3.63) is 34.3 Å². The second kappa shape index (κ2) is 6.60. The summed E-state index contributed by atoms with van der Waals surface area (Å²) < 4.78 is 1.80. The zero-order valence-electron chi connectivity index (χ0n) is 9.79. The number of thioether (sulfide) groups is 2. The van der Waals surface area contributed by atoms with Gasteiger partial charge in [-0.05, 0) is 24.0 Å². The van der Waals surface area contributed by atoms with Crippen molar-refractivity contribution in [3.63, 3.8) is 0 Å². The van der Waals surface area contributed by atoms with Gasteiger partial charge in [-0.25, -0.2) is 4.79 Å². The first-order valence-electron chi connectivity index (χ1n) is 5.12. The summed E-state index contributed by atoms with van der Waals surface area (Å²) in [5.41, 5.74) is 1.08. The number of carbonyl (C=O) groups is 1. The molecule has 0 atom stereocenters. The van der Waals surface area contributed by atoms with E-state index in [0.29, 0.717) is 10.8 Å². The third-order valence-corrected chi connectivity index (χ3v) is 5.65. The molecular formula is C11H9ClN2O2S3. The quantitative estimate of drug-likeness (QED) is 0.838. The van der Waals surface area contributed by atoms with Crippen LogP contribution < -0.4 is 0 Å². The van der Waals surface area contributed by atoms with Gasteiger partial charge in [0.2, 0.25) is 0 Å². The predicted molar refractivity (Wildman–Crippen MR) is 79.7 cm³/mol. The van der Waals surface area contributed by atoms with Gasteiger partial charge in [-0.2, -0.15) is 0 Å². The molecule has 2 aromatic rings. The summed E-state index contributed by atoms with van der Waals surface area (Å²) in [6, 6.07) is 4.75. The molecule has 2 rings (SSSR count). The van der Waals surface area contributed by atoms with Gasteiger partial charge in [0.05, 0.1) is 5.56 Å². The maximum absolute atomic E-state index is 10.8. The lowest BCUT2D eigenvalue weighted by molar-refractivity contribution is 0.0697. The molecule has 4 nitrogen and oxygen atoms in total. The van der Waals surface area contributed by atoms with Crippen LogP contribution in [0.25, 0.3) is 0 Å². The molecule has 0 amide bonds. The lowest BCUT2D eigenvalue weighted by Gasteiger charge is -2.03. The van der Waals surface area contributed by atoms with Gasteiger partial charge in [0.1, 0.15) is 0 Å². The molecule has 0 aliphatic heterocycles. The molecule has 1 heterocycles. The van der Waals surface area contributed by atoms with Crippen molar-refractivity contribution < 1.29 is 9.90 Å². The van der Waals surface area contributed by atoms with Crippen LogP contribution in [0.2, 0.25) is 5.02 Å². The number of nitrogens with zero attached hydrogens (tertiary/aromatic N) is 2. The van der Waals surface area contributed by atoms with Gasteiger partial charge in [-0.15, -0.1) is 10.2 Å². The van der Waals surface area contributed by atoms with E-state index < -0.39 is 5.97 Å². The van der Waals surface area contributed by atoms with Crippen LogP contribution in [0.15, 0.2) is 26.9 Å². The highest BCUT2D eigenvalue weighted by atomic mass is 35.5.